The molecule has 5 rings (SSSR count). The highest BCUT2D eigenvalue weighted by atomic mass is 32.2. The third-order valence-corrected chi connectivity index (χ3v) is 11.9. The van der Waals surface area contributed by atoms with E-state index in [4.69, 9.17) is 10.5 Å². The minimum Gasteiger partial charge on any atom is -0.508 e. The second-order valence-corrected chi connectivity index (χ2v) is 17.5. The summed E-state index contributed by atoms with van der Waals surface area (Å²) in [4.78, 5) is 112. The monoisotopic (exact) mass is 964 g/mol. The second kappa shape index (κ2) is 23.3. The number of H-pyrrole nitrogens is 2. The van der Waals surface area contributed by atoms with Crippen LogP contribution in [0.1, 0.15) is 30.7 Å². The van der Waals surface area contributed by atoms with Crippen molar-refractivity contribution in [2.45, 2.75) is 68.7 Å². The molecule has 1 aliphatic rings. The van der Waals surface area contributed by atoms with Gasteiger partial charge < -0.3 is 57.2 Å². The number of benzene rings is 2. The molecule has 358 valence electrons. The number of thiol groups is 1. The number of aromatic hydroxyl groups is 1. The van der Waals surface area contributed by atoms with Crippen molar-refractivity contribution in [2.75, 3.05) is 24.8 Å². The molecule has 0 aliphatic carbocycles. The van der Waals surface area contributed by atoms with Crippen LogP contribution in [0.4, 0.5) is 4.79 Å². The molecule has 3 heterocycles. The summed E-state index contributed by atoms with van der Waals surface area (Å²) in [6, 6.07) is 4.90. The van der Waals surface area contributed by atoms with Gasteiger partial charge in [-0.2, -0.15) is 12.6 Å². The van der Waals surface area contributed by atoms with E-state index in [9.17, 15) is 52.8 Å². The summed E-state index contributed by atoms with van der Waals surface area (Å²) in [6.45, 7) is 1.42. The number of likely N-dealkylation sites (N-methyl/N-ethyl adjacent to an activating group) is 1. The van der Waals surface area contributed by atoms with Crippen LogP contribution in [-0.4, -0.2) is 131 Å². The van der Waals surface area contributed by atoms with E-state index >= 15 is 0 Å². The standard InChI is InChI=1S/C43H52N10O12S2/c1-23(52(2)40(59)32(47-37(56)29(44)22-66)18-24-7-6-8-26(54)17-24)36(39(58)46-21-27-11-12-35(65-27)53-15-13-34(55)50-43(53)63)51-38(57)31(14-16-67(3)64)48-42(62)49-33(41(60)61)19-25-20-45-30-10-5-4-9-28(25)30/h4-13,15,17,20-21,23,29,31-33,35-36,45,54,66H,14,16,18-19,22,44H2,1-3H3,(H,46,58)(H,47,56)(H,51,57)(H,60,61)(H2,48,49,62)(H,50,55,63). The number of carboxylic acids is 1. The highest BCUT2D eigenvalue weighted by molar-refractivity contribution is 7.84. The lowest BCUT2D eigenvalue weighted by Gasteiger charge is -2.35. The quantitative estimate of drug-likeness (QED) is 0.0457. The van der Waals surface area contributed by atoms with E-state index in [2.05, 4.69) is 49.2 Å². The number of carbonyl (C=O) groups excluding carboxylic acids is 5. The highest BCUT2D eigenvalue weighted by Crippen LogP contribution is 2.22. The summed E-state index contributed by atoms with van der Waals surface area (Å²) in [6.07, 6.45) is 6.69. The van der Waals surface area contributed by atoms with E-state index in [1.54, 1.807) is 42.6 Å². The van der Waals surface area contributed by atoms with Gasteiger partial charge in [0, 0.05) is 84.0 Å². The molecular formula is C43H52N10O12S2. The average Bonchev–Trinajstić information content (AvgIpc) is 3.94. The smallest absolute Gasteiger partial charge is 0.331 e. The van der Waals surface area contributed by atoms with Crippen molar-refractivity contribution in [3.8, 4) is 5.75 Å². The number of fused-ring (bicyclic) bond motifs is 1. The van der Waals surface area contributed by atoms with Gasteiger partial charge in [0.05, 0.1) is 12.1 Å². The largest absolute Gasteiger partial charge is 0.508 e. The number of nitrogens with one attached hydrogen (secondary N) is 7. The topological polar surface area (TPSA) is 329 Å². The number of urea groups is 1. The maximum absolute atomic E-state index is 14.3. The zero-order valence-electron chi connectivity index (χ0n) is 36.5. The predicted octanol–water partition coefficient (Wildman–Crippen LogP) is -0.785. The summed E-state index contributed by atoms with van der Waals surface area (Å²) in [5.74, 6) is -4.98. The van der Waals surface area contributed by atoms with Crippen molar-refractivity contribution < 1.29 is 47.9 Å². The molecule has 1 aliphatic heterocycles. The molecular weight excluding hydrogens is 913 g/mol. The van der Waals surface area contributed by atoms with Crippen LogP contribution in [0, 0.1) is 0 Å². The summed E-state index contributed by atoms with van der Waals surface area (Å²) in [5, 5.41) is 33.4. The Morgan fingerprint density at radius 3 is 2.39 bits per heavy atom. The number of allylic oxidation sites excluding steroid dienone is 1. The van der Waals surface area contributed by atoms with Crippen LogP contribution in [-0.2, 0) is 52.4 Å². The number of aromatic nitrogens is 3. The van der Waals surface area contributed by atoms with Crippen molar-refractivity contribution in [3.05, 3.63) is 123 Å². The lowest BCUT2D eigenvalue weighted by molar-refractivity contribution is -0.140. The van der Waals surface area contributed by atoms with Crippen molar-refractivity contribution in [1.82, 2.24) is 46.0 Å². The van der Waals surface area contributed by atoms with E-state index in [0.717, 1.165) is 32.6 Å². The van der Waals surface area contributed by atoms with Crippen molar-refractivity contribution >= 4 is 70.0 Å². The number of nitrogens with two attached hydrogens (primary N) is 1. The lowest BCUT2D eigenvalue weighted by Crippen LogP contribution is -2.63. The summed E-state index contributed by atoms with van der Waals surface area (Å²) in [5.41, 5.74) is 6.32. The number of para-hydroxylation sites is 1. The molecule has 24 heteroatoms. The van der Waals surface area contributed by atoms with Gasteiger partial charge in [-0.05, 0) is 54.8 Å². The van der Waals surface area contributed by atoms with Gasteiger partial charge in [-0.25, -0.2) is 14.4 Å². The maximum atomic E-state index is 14.3. The third-order valence-electron chi connectivity index (χ3n) is 10.7. The molecule has 2 aromatic heterocycles. The molecule has 4 aromatic rings. The van der Waals surface area contributed by atoms with Gasteiger partial charge in [-0.15, -0.1) is 0 Å². The van der Waals surface area contributed by atoms with Crippen molar-refractivity contribution in [3.63, 3.8) is 0 Å². The van der Waals surface area contributed by atoms with Crippen LogP contribution in [0.15, 0.2) is 101 Å². The van der Waals surface area contributed by atoms with Gasteiger partial charge in [-0.1, -0.05) is 30.3 Å². The van der Waals surface area contributed by atoms with E-state index in [-0.39, 0.29) is 42.3 Å². The Morgan fingerprint density at radius 1 is 0.970 bits per heavy atom. The number of aromatic amines is 2. The van der Waals surface area contributed by atoms with Crippen LogP contribution in [0.2, 0.25) is 0 Å². The molecule has 0 saturated heterocycles. The molecule has 0 fully saturated rings. The van der Waals surface area contributed by atoms with Crippen molar-refractivity contribution in [2.24, 2.45) is 5.73 Å². The number of phenolic OH excluding ortho intramolecular Hbond substituents is 1. The fraction of sp³-hybridized carbons (Fsp3) is 0.349. The normalized spacial score (nSPS) is 16.9. The number of phenols is 1. The van der Waals surface area contributed by atoms with Crippen LogP contribution in [0.3, 0.4) is 0 Å². The number of hydrogen-bond acceptors (Lipinski definition) is 13. The van der Waals surface area contributed by atoms with Gasteiger partial charge in [0.25, 0.3) is 5.56 Å². The number of nitrogens with zero attached hydrogens (tertiary/aromatic N) is 2. The second-order valence-electron chi connectivity index (χ2n) is 15.5. The van der Waals surface area contributed by atoms with E-state index in [0.29, 0.717) is 11.1 Å². The Bertz CT molecular complexity index is 2680. The van der Waals surface area contributed by atoms with Crippen LogP contribution in [0.25, 0.3) is 10.9 Å². The van der Waals surface area contributed by atoms with E-state index < -0.39 is 100 Å². The third kappa shape index (κ3) is 13.9. The van der Waals surface area contributed by atoms with Gasteiger partial charge in [-0.3, -0.25) is 37.7 Å². The Morgan fingerprint density at radius 2 is 1.70 bits per heavy atom. The molecule has 0 radical (unpaired) electrons. The number of rotatable bonds is 21. The molecule has 0 spiro atoms. The number of carboxylic acid groups (broad SMARTS) is 1. The minimum absolute atomic E-state index is 0.0373. The van der Waals surface area contributed by atoms with Crippen LogP contribution in [0.5, 0.6) is 5.75 Å². The first-order valence-electron chi connectivity index (χ1n) is 20.7. The van der Waals surface area contributed by atoms with Gasteiger partial charge in [0.15, 0.2) is 6.23 Å². The average molecular weight is 965 g/mol. The molecule has 6 amide bonds. The fourth-order valence-electron chi connectivity index (χ4n) is 6.93. The molecule has 0 bridgehead atoms. The Kier molecular flexibility index (Phi) is 17.7. The molecule has 8 atom stereocenters. The molecule has 8 unspecified atom stereocenters. The number of ether oxygens (including phenoxy) is 1. The van der Waals surface area contributed by atoms with Crippen LogP contribution >= 0.6 is 12.6 Å². The number of hydrogen-bond donors (Lipinski definition) is 11. The van der Waals surface area contributed by atoms with Crippen molar-refractivity contribution in [1.29, 1.82) is 0 Å². The first kappa shape index (κ1) is 50.8. The highest BCUT2D eigenvalue weighted by Gasteiger charge is 2.37. The van der Waals surface area contributed by atoms with E-state index in [1.807, 2.05) is 0 Å². The Hall–Kier alpha value is -7.18. The number of carbonyl (C=O) groups is 6. The predicted molar refractivity (Wildman–Crippen MR) is 249 cm³/mol. The molecule has 67 heavy (non-hydrogen) atoms. The number of aliphatic carboxylic acids is 1. The zero-order valence-corrected chi connectivity index (χ0v) is 38.2. The van der Waals surface area contributed by atoms with E-state index in [1.165, 1.54) is 50.7 Å². The van der Waals surface area contributed by atoms with Gasteiger partial charge in [0.2, 0.25) is 23.6 Å². The summed E-state index contributed by atoms with van der Waals surface area (Å²) >= 11 is 4.08. The SMILES string of the molecule is CC(C(NC(=O)C(CCS(C)=O)NC(=O)NC(Cc1c[nH]c2ccccc12)C(=O)O)C(=O)NC=C1C=CC(n2ccc(=O)[nH]c2=O)O1)N(C)C(=O)C(Cc1cccc(O)c1)NC(=O)C(N)CS. The Labute approximate surface area is 390 Å². The van der Waals surface area contributed by atoms with Crippen LogP contribution < -0.4 is 43.6 Å². The number of amides is 6. The first-order valence-corrected chi connectivity index (χ1v) is 23.0. The first-order chi connectivity index (χ1) is 31.8. The molecule has 2 aromatic carbocycles. The molecule has 11 N–H and O–H groups in total. The maximum Gasteiger partial charge on any atom is 0.331 e. The zero-order chi connectivity index (χ0) is 48.9. The summed E-state index contributed by atoms with van der Waals surface area (Å²) < 4.78 is 19.1. The lowest BCUT2D eigenvalue weighted by atomic mass is 10.0. The Balaban J connectivity index is 1.41. The molecule has 0 saturated carbocycles. The van der Waals surface area contributed by atoms with Gasteiger partial charge >= 0.3 is 17.7 Å². The summed E-state index contributed by atoms with van der Waals surface area (Å²) in [7, 11) is -0.168. The minimum atomic E-state index is -1.65. The fourth-order valence-corrected chi connectivity index (χ4v) is 7.66. The van der Waals surface area contributed by atoms with Gasteiger partial charge in [0.1, 0.15) is 35.7 Å². The molecule has 22 nitrogen and oxygen atoms in total.